The van der Waals surface area contributed by atoms with E-state index in [1.54, 1.807) is 0 Å². The molecule has 0 saturated carbocycles. The zero-order chi connectivity index (χ0) is 14.3. The Morgan fingerprint density at radius 1 is 0.947 bits per heavy atom. The second-order valence-corrected chi connectivity index (χ2v) is 6.12. The lowest BCUT2D eigenvalue weighted by atomic mass is 10.0. The molecule has 0 N–H and O–H groups in total. The highest BCUT2D eigenvalue weighted by atomic mass is 35.5. The maximum atomic E-state index is 6.56. The topological polar surface area (TPSA) is 3.24 Å². The van der Waals surface area contributed by atoms with Crippen molar-refractivity contribution in [1.82, 2.24) is 4.90 Å². The van der Waals surface area contributed by atoms with Gasteiger partial charge in [-0.25, -0.2) is 0 Å². The molecule has 2 heteroatoms. The van der Waals surface area contributed by atoms with Crippen LogP contribution in [0.1, 0.15) is 63.0 Å². The molecule has 1 atom stereocenters. The lowest BCUT2D eigenvalue weighted by Crippen LogP contribution is -2.28. The van der Waals surface area contributed by atoms with Gasteiger partial charge in [0, 0.05) is 6.54 Å². The Morgan fingerprint density at radius 2 is 1.42 bits per heavy atom. The van der Waals surface area contributed by atoms with Gasteiger partial charge >= 0.3 is 0 Å². The maximum absolute atomic E-state index is 6.56. The molecule has 108 valence electrons. The molecule has 19 heavy (non-hydrogen) atoms. The number of rotatable bonds is 8. The maximum Gasteiger partial charge on any atom is 0.0712 e. The van der Waals surface area contributed by atoms with Crippen LogP contribution in [-0.4, -0.2) is 24.5 Å². The van der Waals surface area contributed by atoms with Crippen molar-refractivity contribution in [3.8, 4) is 0 Å². The number of halogens is 1. The van der Waals surface area contributed by atoms with Crippen LogP contribution in [0.5, 0.6) is 0 Å². The van der Waals surface area contributed by atoms with E-state index in [2.05, 4.69) is 56.9 Å². The minimum atomic E-state index is 0.0966. The molecule has 1 aromatic rings. The van der Waals surface area contributed by atoms with Crippen molar-refractivity contribution in [2.24, 2.45) is 0 Å². The van der Waals surface area contributed by atoms with Gasteiger partial charge in [0.1, 0.15) is 0 Å². The van der Waals surface area contributed by atoms with Crippen molar-refractivity contribution >= 4 is 11.6 Å². The van der Waals surface area contributed by atoms with E-state index in [-0.39, 0.29) is 5.38 Å². The van der Waals surface area contributed by atoms with Crippen molar-refractivity contribution in [1.29, 1.82) is 0 Å². The van der Waals surface area contributed by atoms with E-state index in [0.29, 0.717) is 5.92 Å². The van der Waals surface area contributed by atoms with Crippen molar-refractivity contribution in [2.45, 2.75) is 51.8 Å². The molecule has 1 rings (SSSR count). The van der Waals surface area contributed by atoms with Gasteiger partial charge < -0.3 is 4.90 Å². The van der Waals surface area contributed by atoms with Crippen LogP contribution in [0.2, 0.25) is 0 Å². The summed E-state index contributed by atoms with van der Waals surface area (Å²) in [7, 11) is 0. The van der Waals surface area contributed by atoms with Gasteiger partial charge in [-0.1, -0.05) is 52.0 Å². The second-order valence-electron chi connectivity index (χ2n) is 5.59. The summed E-state index contributed by atoms with van der Waals surface area (Å²) in [4.78, 5) is 2.47. The molecule has 0 aliphatic rings. The molecule has 0 fully saturated rings. The van der Waals surface area contributed by atoms with E-state index in [4.69, 9.17) is 11.6 Å². The summed E-state index contributed by atoms with van der Waals surface area (Å²) in [6.07, 6.45) is 2.38. The van der Waals surface area contributed by atoms with Crippen LogP contribution in [0.3, 0.4) is 0 Å². The lowest BCUT2D eigenvalue weighted by molar-refractivity contribution is 0.275. The average Bonchev–Trinajstić information content (AvgIpc) is 2.39. The molecule has 0 aliphatic heterocycles. The van der Waals surface area contributed by atoms with E-state index >= 15 is 0 Å². The largest absolute Gasteiger partial charge is 0.302 e. The van der Waals surface area contributed by atoms with E-state index < -0.39 is 0 Å². The minimum absolute atomic E-state index is 0.0966. The van der Waals surface area contributed by atoms with Gasteiger partial charge in [-0.05, 0) is 43.0 Å². The van der Waals surface area contributed by atoms with Crippen LogP contribution < -0.4 is 0 Å². The number of alkyl halides is 1. The van der Waals surface area contributed by atoms with Gasteiger partial charge in [-0.15, -0.1) is 11.6 Å². The molecule has 0 saturated heterocycles. The molecule has 1 aromatic carbocycles. The van der Waals surface area contributed by atoms with Crippen molar-refractivity contribution in [2.75, 3.05) is 19.6 Å². The summed E-state index contributed by atoms with van der Waals surface area (Å²) >= 11 is 6.56. The van der Waals surface area contributed by atoms with E-state index in [1.165, 1.54) is 24.0 Å². The summed E-state index contributed by atoms with van der Waals surface area (Å²) in [5.74, 6) is 0.583. The monoisotopic (exact) mass is 281 g/mol. The molecule has 0 spiro atoms. The van der Waals surface area contributed by atoms with Gasteiger partial charge in [0.25, 0.3) is 0 Å². The Morgan fingerprint density at radius 3 is 1.84 bits per heavy atom. The summed E-state index contributed by atoms with van der Waals surface area (Å²) < 4.78 is 0. The molecule has 0 bridgehead atoms. The fraction of sp³-hybridized carbons (Fsp3) is 0.647. The Bertz CT molecular complexity index is 339. The number of nitrogens with zero attached hydrogens (tertiary/aromatic N) is 1. The van der Waals surface area contributed by atoms with Crippen LogP contribution in [0.25, 0.3) is 0 Å². The minimum Gasteiger partial charge on any atom is -0.302 e. The molecular weight excluding hydrogens is 254 g/mol. The molecule has 0 amide bonds. The summed E-state index contributed by atoms with van der Waals surface area (Å²) in [5.41, 5.74) is 2.62. The average molecular weight is 282 g/mol. The Balaban J connectivity index is 2.62. The molecule has 0 aliphatic carbocycles. The summed E-state index contributed by atoms with van der Waals surface area (Å²) in [6.45, 7) is 12.1. The van der Waals surface area contributed by atoms with Gasteiger partial charge in [0.05, 0.1) is 5.38 Å². The van der Waals surface area contributed by atoms with Gasteiger partial charge in [-0.2, -0.15) is 0 Å². The zero-order valence-electron chi connectivity index (χ0n) is 12.8. The first-order valence-electron chi connectivity index (χ1n) is 7.54. The van der Waals surface area contributed by atoms with E-state index in [0.717, 1.165) is 19.6 Å². The first-order valence-corrected chi connectivity index (χ1v) is 7.98. The predicted molar refractivity (Wildman–Crippen MR) is 86.1 cm³/mol. The highest BCUT2D eigenvalue weighted by Gasteiger charge is 2.13. The molecule has 1 unspecified atom stereocenters. The fourth-order valence-corrected chi connectivity index (χ4v) is 2.69. The molecule has 1 nitrogen and oxygen atoms in total. The van der Waals surface area contributed by atoms with E-state index in [9.17, 15) is 0 Å². The molecule has 0 radical (unpaired) electrons. The third kappa shape index (κ3) is 5.54. The quantitative estimate of drug-likeness (QED) is 0.591. The predicted octanol–water partition coefficient (Wildman–Crippen LogP) is 5.21. The lowest BCUT2D eigenvalue weighted by Gasteiger charge is -2.24. The Hall–Kier alpha value is -0.530. The standard InChI is InChI=1S/C17H28ClN/c1-5-11-19(12-6-2)13-17(18)16-9-7-15(8-10-16)14(3)4/h7-10,14,17H,5-6,11-13H2,1-4H3. The highest BCUT2D eigenvalue weighted by Crippen LogP contribution is 2.24. The van der Waals surface area contributed by atoms with Crippen LogP contribution in [-0.2, 0) is 0 Å². The number of hydrogen-bond acceptors (Lipinski definition) is 1. The number of hydrogen-bond donors (Lipinski definition) is 0. The van der Waals surface area contributed by atoms with Crippen molar-refractivity contribution < 1.29 is 0 Å². The molecular formula is C17H28ClN. The van der Waals surface area contributed by atoms with Crippen molar-refractivity contribution in [3.63, 3.8) is 0 Å². The van der Waals surface area contributed by atoms with Crippen LogP contribution in [0.15, 0.2) is 24.3 Å². The smallest absolute Gasteiger partial charge is 0.0712 e. The fourth-order valence-electron chi connectivity index (χ4n) is 2.35. The van der Waals surface area contributed by atoms with Crippen LogP contribution in [0, 0.1) is 0 Å². The first kappa shape index (κ1) is 16.5. The molecule has 0 heterocycles. The Kier molecular flexibility index (Phi) is 7.48. The van der Waals surface area contributed by atoms with Gasteiger partial charge in [0.2, 0.25) is 0 Å². The SMILES string of the molecule is CCCN(CCC)CC(Cl)c1ccc(C(C)C)cc1. The van der Waals surface area contributed by atoms with E-state index in [1.807, 2.05) is 0 Å². The van der Waals surface area contributed by atoms with Crippen LogP contribution >= 0.6 is 11.6 Å². The normalized spacial score (nSPS) is 13.2. The number of benzene rings is 1. The first-order chi connectivity index (χ1) is 9.08. The molecule has 0 aromatic heterocycles. The third-order valence-corrected chi connectivity index (χ3v) is 3.85. The highest BCUT2D eigenvalue weighted by molar-refractivity contribution is 6.21. The summed E-state index contributed by atoms with van der Waals surface area (Å²) in [6, 6.07) is 8.78. The summed E-state index contributed by atoms with van der Waals surface area (Å²) in [5, 5.41) is 0.0966. The second kappa shape index (κ2) is 8.60. The van der Waals surface area contributed by atoms with Crippen molar-refractivity contribution in [3.05, 3.63) is 35.4 Å². The van der Waals surface area contributed by atoms with Gasteiger partial charge in [0.15, 0.2) is 0 Å². The van der Waals surface area contributed by atoms with Gasteiger partial charge in [-0.3, -0.25) is 0 Å². The third-order valence-electron chi connectivity index (χ3n) is 3.46. The zero-order valence-corrected chi connectivity index (χ0v) is 13.6. The Labute approximate surface area is 124 Å². The van der Waals surface area contributed by atoms with Crippen LogP contribution in [0.4, 0.5) is 0 Å².